The van der Waals surface area contributed by atoms with Gasteiger partial charge in [0.05, 0.1) is 12.0 Å². The normalized spacial score (nSPS) is 10.6. The molecule has 0 heterocycles. The van der Waals surface area contributed by atoms with Gasteiger partial charge >= 0.3 is 0 Å². The second-order valence-corrected chi connectivity index (χ2v) is 6.34. The van der Waals surface area contributed by atoms with Crippen LogP contribution in [-0.4, -0.2) is 30.4 Å². The summed E-state index contributed by atoms with van der Waals surface area (Å²) >= 11 is 7.20. The molecule has 2 amide bonds. The number of rotatable bonds is 8. The van der Waals surface area contributed by atoms with Crippen molar-refractivity contribution < 1.29 is 14.3 Å². The average molecular weight is 378 g/mol. The molecule has 0 spiro atoms. The van der Waals surface area contributed by atoms with Gasteiger partial charge in [-0.25, -0.2) is 5.43 Å². The number of amides is 2. The summed E-state index contributed by atoms with van der Waals surface area (Å²) < 4.78 is 5.15. The van der Waals surface area contributed by atoms with E-state index in [0.29, 0.717) is 10.8 Å². The van der Waals surface area contributed by atoms with E-state index in [0.717, 1.165) is 10.5 Å². The van der Waals surface area contributed by atoms with Crippen molar-refractivity contribution >= 4 is 41.4 Å². The molecule has 8 heteroatoms. The average Bonchev–Trinajstić information content (AvgIpc) is 2.60. The predicted molar refractivity (Wildman–Crippen MR) is 99.0 cm³/mol. The Morgan fingerprint density at radius 2 is 1.84 bits per heavy atom. The zero-order valence-electron chi connectivity index (χ0n) is 13.1. The van der Waals surface area contributed by atoms with Crippen LogP contribution in [0.2, 0.25) is 5.02 Å². The Morgan fingerprint density at radius 3 is 2.48 bits per heavy atom. The number of carbonyl (C=O) groups is 2. The van der Waals surface area contributed by atoms with Gasteiger partial charge < -0.3 is 10.5 Å². The fourth-order valence-electron chi connectivity index (χ4n) is 1.70. The van der Waals surface area contributed by atoms with Gasteiger partial charge in [-0.1, -0.05) is 11.6 Å². The lowest BCUT2D eigenvalue weighted by atomic mass is 10.2. The molecule has 3 N–H and O–H groups in total. The van der Waals surface area contributed by atoms with Crippen LogP contribution in [0.1, 0.15) is 5.56 Å². The van der Waals surface area contributed by atoms with E-state index in [1.54, 1.807) is 36.4 Å². The van der Waals surface area contributed by atoms with Crippen LogP contribution in [0, 0.1) is 0 Å². The first kappa shape index (κ1) is 18.8. The zero-order chi connectivity index (χ0) is 18.1. The lowest BCUT2D eigenvalue weighted by Crippen LogP contribution is -2.20. The van der Waals surface area contributed by atoms with Crippen molar-refractivity contribution in [1.82, 2.24) is 5.43 Å². The van der Waals surface area contributed by atoms with Gasteiger partial charge in [-0.15, -0.1) is 11.8 Å². The summed E-state index contributed by atoms with van der Waals surface area (Å²) in [5.74, 6) is 0.0283. The number of ether oxygens (including phenoxy) is 1. The minimum Gasteiger partial charge on any atom is -0.484 e. The summed E-state index contributed by atoms with van der Waals surface area (Å²) in [6, 6.07) is 14.1. The van der Waals surface area contributed by atoms with Crippen LogP contribution in [0.3, 0.4) is 0 Å². The van der Waals surface area contributed by atoms with Crippen molar-refractivity contribution in [2.45, 2.75) is 4.90 Å². The summed E-state index contributed by atoms with van der Waals surface area (Å²) in [5, 5.41) is 4.55. The van der Waals surface area contributed by atoms with E-state index < -0.39 is 5.91 Å². The topological polar surface area (TPSA) is 93.8 Å². The molecule has 2 aromatic carbocycles. The van der Waals surface area contributed by atoms with Gasteiger partial charge in [-0.3, -0.25) is 9.59 Å². The molecule has 0 radical (unpaired) electrons. The number of nitrogens with two attached hydrogens (primary N) is 1. The van der Waals surface area contributed by atoms with Crippen LogP contribution in [0.15, 0.2) is 58.5 Å². The third-order valence-corrected chi connectivity index (χ3v) is 4.11. The number of thioether (sulfide) groups is 1. The van der Waals surface area contributed by atoms with Crippen molar-refractivity contribution in [1.29, 1.82) is 0 Å². The van der Waals surface area contributed by atoms with Crippen LogP contribution in [0.25, 0.3) is 0 Å². The molecule has 0 saturated carbocycles. The zero-order valence-corrected chi connectivity index (χ0v) is 14.7. The van der Waals surface area contributed by atoms with Crippen LogP contribution in [-0.2, 0) is 9.59 Å². The minimum absolute atomic E-state index is 0.172. The first-order valence-electron chi connectivity index (χ1n) is 7.24. The summed E-state index contributed by atoms with van der Waals surface area (Å²) in [5.41, 5.74) is 8.23. The number of carbonyl (C=O) groups excluding carboxylic acids is 2. The molecule has 0 saturated heterocycles. The summed E-state index contributed by atoms with van der Waals surface area (Å²) in [7, 11) is 0. The lowest BCUT2D eigenvalue weighted by Gasteiger charge is -2.03. The Hall–Kier alpha value is -2.51. The number of halogens is 1. The van der Waals surface area contributed by atoms with Gasteiger partial charge in [0, 0.05) is 9.92 Å². The number of hydrogen-bond acceptors (Lipinski definition) is 5. The molecule has 2 aromatic rings. The second kappa shape index (κ2) is 9.71. The quantitative estimate of drug-likeness (QED) is 0.419. The van der Waals surface area contributed by atoms with E-state index in [4.69, 9.17) is 22.1 Å². The highest BCUT2D eigenvalue weighted by molar-refractivity contribution is 8.00. The molecule has 130 valence electrons. The molecule has 0 bridgehead atoms. The number of nitrogens with zero attached hydrogens (tertiary/aromatic N) is 1. The van der Waals surface area contributed by atoms with Crippen LogP contribution >= 0.6 is 23.4 Å². The number of hydrazone groups is 1. The second-order valence-electron chi connectivity index (χ2n) is 4.86. The molecule has 0 fully saturated rings. The molecule has 0 atom stereocenters. The first-order chi connectivity index (χ1) is 12.0. The van der Waals surface area contributed by atoms with Gasteiger partial charge in [0.1, 0.15) is 5.75 Å². The molecule has 0 unspecified atom stereocenters. The number of hydrogen-bond donors (Lipinski definition) is 2. The van der Waals surface area contributed by atoms with Gasteiger partial charge in [-0.05, 0) is 54.1 Å². The molecular weight excluding hydrogens is 362 g/mol. The third-order valence-electron chi connectivity index (χ3n) is 2.85. The fraction of sp³-hybridized carbons (Fsp3) is 0.118. The highest BCUT2D eigenvalue weighted by Gasteiger charge is 2.02. The molecule has 0 aromatic heterocycles. The van der Waals surface area contributed by atoms with Crippen LogP contribution < -0.4 is 15.9 Å². The van der Waals surface area contributed by atoms with Crippen molar-refractivity contribution in [2.24, 2.45) is 10.8 Å². The fourth-order valence-corrected chi connectivity index (χ4v) is 2.51. The molecule has 0 aliphatic heterocycles. The Bertz CT molecular complexity index is 749. The maximum absolute atomic E-state index is 11.7. The van der Waals surface area contributed by atoms with Gasteiger partial charge in [0.25, 0.3) is 5.91 Å². The maximum atomic E-state index is 11.7. The van der Waals surface area contributed by atoms with Gasteiger partial charge in [-0.2, -0.15) is 5.10 Å². The highest BCUT2D eigenvalue weighted by atomic mass is 35.5. The summed E-state index contributed by atoms with van der Waals surface area (Å²) in [6.07, 6.45) is 1.52. The van der Waals surface area contributed by atoms with E-state index >= 15 is 0 Å². The number of benzene rings is 2. The monoisotopic (exact) mass is 377 g/mol. The molecule has 25 heavy (non-hydrogen) atoms. The van der Waals surface area contributed by atoms with Crippen molar-refractivity contribution in [3.63, 3.8) is 0 Å². The van der Waals surface area contributed by atoms with Crippen LogP contribution in [0.4, 0.5) is 0 Å². The minimum atomic E-state index is -0.537. The van der Waals surface area contributed by atoms with Crippen molar-refractivity contribution in [3.05, 3.63) is 59.1 Å². The Kier molecular flexibility index (Phi) is 7.31. The van der Waals surface area contributed by atoms with E-state index in [1.807, 2.05) is 12.1 Å². The molecular formula is C17H16ClN3O3S. The molecule has 6 nitrogen and oxygen atoms in total. The highest BCUT2D eigenvalue weighted by Crippen LogP contribution is 2.19. The van der Waals surface area contributed by atoms with E-state index in [2.05, 4.69) is 10.5 Å². The smallest absolute Gasteiger partial charge is 0.255 e. The largest absolute Gasteiger partial charge is 0.484 e. The number of nitrogens with one attached hydrogen (secondary N) is 1. The third kappa shape index (κ3) is 7.28. The van der Waals surface area contributed by atoms with Crippen molar-refractivity contribution in [3.8, 4) is 5.75 Å². The Balaban J connectivity index is 1.74. The molecule has 0 aliphatic carbocycles. The summed E-state index contributed by atoms with van der Waals surface area (Å²) in [6.45, 7) is -0.172. The van der Waals surface area contributed by atoms with Gasteiger partial charge in [0.2, 0.25) is 5.91 Å². The first-order valence-corrected chi connectivity index (χ1v) is 8.61. The van der Waals surface area contributed by atoms with Crippen LogP contribution in [0.5, 0.6) is 5.75 Å². The summed E-state index contributed by atoms with van der Waals surface area (Å²) in [4.78, 5) is 23.3. The predicted octanol–water partition coefficient (Wildman–Crippen LogP) is 2.45. The standard InChI is InChI=1S/C17H16ClN3O3S/c18-13-3-7-15(8-4-13)25-11-17(23)21-20-9-12-1-5-14(6-2-12)24-10-16(19)22/h1-9H,10-11H2,(H2,19,22)(H,21,23)/b20-9-. The van der Waals surface area contributed by atoms with Crippen molar-refractivity contribution in [2.75, 3.05) is 12.4 Å². The SMILES string of the molecule is NC(=O)COc1ccc(/C=N\NC(=O)CSc2ccc(Cl)cc2)cc1. The number of primary amides is 1. The van der Waals surface area contributed by atoms with E-state index in [-0.39, 0.29) is 18.3 Å². The Labute approximate surface area is 154 Å². The molecule has 2 rings (SSSR count). The van der Waals surface area contributed by atoms with E-state index in [9.17, 15) is 9.59 Å². The maximum Gasteiger partial charge on any atom is 0.255 e. The Morgan fingerprint density at radius 1 is 1.16 bits per heavy atom. The molecule has 0 aliphatic rings. The lowest BCUT2D eigenvalue weighted by molar-refractivity contribution is -0.120. The van der Waals surface area contributed by atoms with Gasteiger partial charge in [0.15, 0.2) is 6.61 Å². The van der Waals surface area contributed by atoms with E-state index in [1.165, 1.54) is 18.0 Å².